The van der Waals surface area contributed by atoms with Crippen LogP contribution in [0.4, 0.5) is 0 Å². The van der Waals surface area contributed by atoms with Crippen molar-refractivity contribution in [1.82, 2.24) is 5.43 Å². The van der Waals surface area contributed by atoms with Gasteiger partial charge in [0.2, 0.25) is 0 Å². The minimum atomic E-state index is 0.136. The van der Waals surface area contributed by atoms with Crippen LogP contribution >= 0.6 is 0 Å². The summed E-state index contributed by atoms with van der Waals surface area (Å²) in [6, 6.07) is 0. The highest BCUT2D eigenvalue weighted by molar-refractivity contribution is 5.68. The van der Waals surface area contributed by atoms with Crippen LogP contribution < -0.4 is 5.43 Å². The van der Waals surface area contributed by atoms with Crippen LogP contribution in [0.25, 0.3) is 0 Å². The van der Waals surface area contributed by atoms with E-state index in [1.165, 1.54) is 5.70 Å². The Bertz CT molecular complexity index is 178. The number of nitrogens with zero attached hydrogens (tertiary/aromatic N) is 1. The molecular weight excluding hydrogens is 148 g/mol. The lowest BCUT2D eigenvalue weighted by Crippen LogP contribution is -2.21. The number of allylic oxidation sites excluding steroid dienone is 2. The normalized spacial score (nSPS) is 18.6. The molecule has 1 rings (SSSR count). The predicted molar refractivity (Wildman–Crippen MR) is 55.1 cm³/mol. The molecule has 1 aliphatic rings. The van der Waals surface area contributed by atoms with Crippen LogP contribution in [0.15, 0.2) is 16.9 Å². The molecule has 0 spiro atoms. The molecule has 0 aromatic heterocycles. The Balaban J connectivity index is 0.000000561. The molecule has 0 atom stereocenters. The molecule has 0 fully saturated rings. The Labute approximate surface area is 75.7 Å². The van der Waals surface area contributed by atoms with Gasteiger partial charge in [-0.25, -0.2) is 0 Å². The third kappa shape index (κ3) is 3.56. The van der Waals surface area contributed by atoms with Gasteiger partial charge in [-0.2, -0.15) is 5.10 Å². The van der Waals surface area contributed by atoms with E-state index < -0.39 is 0 Å². The second-order valence-corrected chi connectivity index (χ2v) is 3.21. The molecule has 0 aliphatic carbocycles. The molecule has 1 N–H and O–H groups in total. The summed E-state index contributed by atoms with van der Waals surface area (Å²) in [4.78, 5) is 0. The van der Waals surface area contributed by atoms with Crippen molar-refractivity contribution in [3.8, 4) is 0 Å². The van der Waals surface area contributed by atoms with Gasteiger partial charge in [-0.15, -0.1) is 0 Å². The average Bonchev–Trinajstić information content (AvgIpc) is 2.06. The number of rotatable bonds is 1. The van der Waals surface area contributed by atoms with Crippen LogP contribution in [0.5, 0.6) is 0 Å². The number of hydrazone groups is 1. The topological polar surface area (TPSA) is 24.4 Å². The van der Waals surface area contributed by atoms with Gasteiger partial charge in [0, 0.05) is 17.3 Å². The van der Waals surface area contributed by atoms with Crippen LogP contribution in [-0.2, 0) is 0 Å². The lowest BCUT2D eigenvalue weighted by atomic mass is 9.93. The van der Waals surface area contributed by atoms with Crippen molar-refractivity contribution in [1.29, 1.82) is 0 Å². The van der Waals surface area contributed by atoms with Gasteiger partial charge >= 0.3 is 0 Å². The first kappa shape index (κ1) is 11.2. The Morgan fingerprint density at radius 3 is 2.33 bits per heavy atom. The Kier molecular flexibility index (Phi) is 4.64. The summed E-state index contributed by atoms with van der Waals surface area (Å²) in [5.41, 5.74) is 4.31. The van der Waals surface area contributed by atoms with E-state index in [-0.39, 0.29) is 5.41 Å². The molecule has 12 heavy (non-hydrogen) atoms. The van der Waals surface area contributed by atoms with Gasteiger partial charge in [0.25, 0.3) is 0 Å². The van der Waals surface area contributed by atoms with E-state index in [0.29, 0.717) is 0 Å². The maximum atomic E-state index is 4.04. The SMILES string of the molecule is CC.CCC1=CC(C)(C)C=NN1. The van der Waals surface area contributed by atoms with Crippen molar-refractivity contribution >= 4 is 6.21 Å². The zero-order valence-electron chi connectivity index (χ0n) is 8.81. The van der Waals surface area contributed by atoms with E-state index in [9.17, 15) is 0 Å². The molecule has 70 valence electrons. The first-order chi connectivity index (χ1) is 5.64. The molecule has 0 aromatic carbocycles. The van der Waals surface area contributed by atoms with Crippen molar-refractivity contribution in [2.24, 2.45) is 10.5 Å². The van der Waals surface area contributed by atoms with Crippen LogP contribution in [0, 0.1) is 5.41 Å². The van der Waals surface area contributed by atoms with Crippen LogP contribution in [0.2, 0.25) is 0 Å². The standard InChI is InChI=1S/C8H14N2.C2H6/c1-4-7-5-8(2,3)6-9-10-7;1-2/h5-6,10H,4H2,1-3H3;1-2H3. The minimum absolute atomic E-state index is 0.136. The maximum Gasteiger partial charge on any atom is 0.0341 e. The van der Waals surface area contributed by atoms with E-state index >= 15 is 0 Å². The summed E-state index contributed by atoms with van der Waals surface area (Å²) in [5.74, 6) is 0. The van der Waals surface area contributed by atoms with Crippen LogP contribution in [0.1, 0.15) is 41.0 Å². The molecule has 1 aliphatic heterocycles. The molecular formula is C10H20N2. The van der Waals surface area contributed by atoms with Crippen molar-refractivity contribution in [3.05, 3.63) is 11.8 Å². The highest BCUT2D eigenvalue weighted by atomic mass is 15.3. The average molecular weight is 168 g/mol. The van der Waals surface area contributed by atoms with E-state index in [2.05, 4.69) is 37.4 Å². The largest absolute Gasteiger partial charge is 0.283 e. The van der Waals surface area contributed by atoms with Crippen molar-refractivity contribution in [3.63, 3.8) is 0 Å². The number of hydrogen-bond acceptors (Lipinski definition) is 2. The third-order valence-electron chi connectivity index (χ3n) is 1.53. The fraction of sp³-hybridized carbons (Fsp3) is 0.700. The molecule has 0 unspecified atom stereocenters. The van der Waals surface area contributed by atoms with E-state index in [1.54, 1.807) is 0 Å². The van der Waals surface area contributed by atoms with Crippen molar-refractivity contribution < 1.29 is 0 Å². The molecule has 0 saturated heterocycles. The Hall–Kier alpha value is -0.790. The lowest BCUT2D eigenvalue weighted by Gasteiger charge is -2.20. The quantitative estimate of drug-likeness (QED) is 0.639. The highest BCUT2D eigenvalue weighted by Gasteiger charge is 2.15. The molecule has 0 amide bonds. The number of nitrogens with one attached hydrogen (secondary N) is 1. The predicted octanol–water partition coefficient (Wildman–Crippen LogP) is 2.92. The number of hydrogen-bond donors (Lipinski definition) is 1. The fourth-order valence-corrected chi connectivity index (χ4v) is 0.981. The Morgan fingerprint density at radius 1 is 1.42 bits per heavy atom. The first-order valence-electron chi connectivity index (χ1n) is 4.66. The van der Waals surface area contributed by atoms with E-state index in [4.69, 9.17) is 0 Å². The van der Waals surface area contributed by atoms with Gasteiger partial charge < -0.3 is 0 Å². The second-order valence-electron chi connectivity index (χ2n) is 3.21. The summed E-state index contributed by atoms with van der Waals surface area (Å²) in [5, 5.41) is 4.04. The van der Waals surface area contributed by atoms with Crippen LogP contribution in [-0.4, -0.2) is 6.21 Å². The molecule has 0 radical (unpaired) electrons. The van der Waals surface area contributed by atoms with Crippen molar-refractivity contribution in [2.75, 3.05) is 0 Å². The van der Waals surface area contributed by atoms with Gasteiger partial charge in [-0.3, -0.25) is 5.43 Å². The molecule has 0 aromatic rings. The monoisotopic (exact) mass is 168 g/mol. The minimum Gasteiger partial charge on any atom is -0.283 e. The van der Waals surface area contributed by atoms with Gasteiger partial charge in [0.1, 0.15) is 0 Å². The summed E-state index contributed by atoms with van der Waals surface area (Å²) in [7, 11) is 0. The summed E-state index contributed by atoms with van der Waals surface area (Å²) < 4.78 is 0. The van der Waals surface area contributed by atoms with Gasteiger partial charge in [0.15, 0.2) is 0 Å². The van der Waals surface area contributed by atoms with E-state index in [1.807, 2.05) is 20.1 Å². The van der Waals surface area contributed by atoms with Gasteiger partial charge in [-0.05, 0) is 6.42 Å². The Morgan fingerprint density at radius 2 is 2.00 bits per heavy atom. The van der Waals surface area contributed by atoms with Crippen LogP contribution in [0.3, 0.4) is 0 Å². The van der Waals surface area contributed by atoms with Gasteiger partial charge in [-0.1, -0.05) is 40.7 Å². The van der Waals surface area contributed by atoms with Gasteiger partial charge in [0.05, 0.1) is 0 Å². The first-order valence-corrected chi connectivity index (χ1v) is 4.66. The molecule has 1 heterocycles. The zero-order chi connectivity index (χ0) is 9.61. The van der Waals surface area contributed by atoms with E-state index in [0.717, 1.165) is 6.42 Å². The molecule has 2 heteroatoms. The summed E-state index contributed by atoms with van der Waals surface area (Å²) in [6.45, 7) is 10.4. The maximum absolute atomic E-state index is 4.04. The summed E-state index contributed by atoms with van der Waals surface area (Å²) in [6.07, 6.45) is 5.16. The third-order valence-corrected chi connectivity index (χ3v) is 1.53. The second kappa shape index (κ2) is 4.96. The smallest absolute Gasteiger partial charge is 0.0341 e. The summed E-state index contributed by atoms with van der Waals surface area (Å²) >= 11 is 0. The zero-order valence-corrected chi connectivity index (χ0v) is 8.81. The van der Waals surface area contributed by atoms with Crippen molar-refractivity contribution in [2.45, 2.75) is 41.0 Å². The highest BCUT2D eigenvalue weighted by Crippen LogP contribution is 2.19. The fourth-order valence-electron chi connectivity index (χ4n) is 0.981. The molecule has 0 saturated carbocycles. The molecule has 0 bridgehead atoms. The lowest BCUT2D eigenvalue weighted by molar-refractivity contribution is 0.632. The molecule has 2 nitrogen and oxygen atoms in total.